The van der Waals surface area contributed by atoms with Crippen LogP contribution < -0.4 is 5.32 Å². The van der Waals surface area contributed by atoms with Crippen molar-refractivity contribution in [2.45, 2.75) is 53.0 Å². The summed E-state index contributed by atoms with van der Waals surface area (Å²) in [5.41, 5.74) is 0.511. The summed E-state index contributed by atoms with van der Waals surface area (Å²) < 4.78 is 23.0. The summed E-state index contributed by atoms with van der Waals surface area (Å²) in [6.07, 6.45) is 3.93. The van der Waals surface area contributed by atoms with Crippen LogP contribution in [0.1, 0.15) is 57.6 Å². The number of aromatic nitrogens is 2. The lowest BCUT2D eigenvalue weighted by molar-refractivity contribution is -0.127. The fourth-order valence-corrected chi connectivity index (χ4v) is 2.90. The number of rotatable bonds is 2. The molecule has 2 saturated heterocycles. The van der Waals surface area contributed by atoms with E-state index in [0.717, 1.165) is 19.1 Å². The summed E-state index contributed by atoms with van der Waals surface area (Å²) in [5.74, 6) is -0.243. The summed E-state index contributed by atoms with van der Waals surface area (Å²) in [5, 5.41) is 6.32. The van der Waals surface area contributed by atoms with E-state index in [1.165, 1.54) is 48.4 Å². The first-order chi connectivity index (χ1) is 15.3. The predicted molar refractivity (Wildman–Crippen MR) is 118 cm³/mol. The molecule has 0 saturated carbocycles. The number of carbonyl (C=O) groups excluding carboxylic acids is 2. The molecule has 2 fully saturated rings. The Hall–Kier alpha value is -2.81. The number of ether oxygens (including phenoxy) is 1. The van der Waals surface area contributed by atoms with Gasteiger partial charge < -0.3 is 19.5 Å². The van der Waals surface area contributed by atoms with Gasteiger partial charge >= 0.3 is 0 Å². The fraction of sp³-hybridized carbons (Fsp3) is 0.565. The monoisotopic (exact) mass is 448 g/mol. The van der Waals surface area contributed by atoms with Crippen molar-refractivity contribution in [3.05, 3.63) is 35.9 Å². The van der Waals surface area contributed by atoms with Crippen molar-refractivity contribution in [2.75, 3.05) is 26.3 Å². The van der Waals surface area contributed by atoms with Crippen LogP contribution >= 0.6 is 0 Å². The molecule has 8 nitrogen and oxygen atoms in total. The van der Waals surface area contributed by atoms with Crippen molar-refractivity contribution in [2.24, 2.45) is 5.92 Å². The van der Waals surface area contributed by atoms with E-state index in [4.69, 9.17) is 9.26 Å². The van der Waals surface area contributed by atoms with E-state index >= 15 is 0 Å². The second-order valence-corrected chi connectivity index (χ2v) is 8.30. The summed E-state index contributed by atoms with van der Waals surface area (Å²) in [6.45, 7) is 10.9. The van der Waals surface area contributed by atoms with Crippen molar-refractivity contribution in [3.8, 4) is 11.5 Å². The van der Waals surface area contributed by atoms with Gasteiger partial charge in [0.25, 0.3) is 17.6 Å². The molecule has 0 bridgehead atoms. The van der Waals surface area contributed by atoms with Crippen LogP contribution in [-0.2, 0) is 9.53 Å². The number of nitrogens with one attached hydrogen (secondary N) is 1. The van der Waals surface area contributed by atoms with Gasteiger partial charge in [-0.2, -0.15) is 4.98 Å². The Morgan fingerprint density at radius 1 is 1.16 bits per heavy atom. The lowest BCUT2D eigenvalue weighted by Gasteiger charge is -2.31. The standard InChI is InChI=1S/C14H13FN4O3.C5H10O.C4H10/c1-8-12(20)16-6-7-19(8)14(21)11-17-13(22-18-11)9-2-4-10(15)5-3-9;1-2-4-6-5-3-1;1-4(2)3/h2-5,8H,6-7H2,1H3,(H,16,20);1-5H2;4H,1-3H3. The van der Waals surface area contributed by atoms with Gasteiger partial charge in [-0.3, -0.25) is 9.59 Å². The van der Waals surface area contributed by atoms with E-state index in [-0.39, 0.29) is 23.4 Å². The summed E-state index contributed by atoms with van der Waals surface area (Å²) >= 11 is 0. The van der Waals surface area contributed by atoms with Crippen LogP contribution in [0.25, 0.3) is 11.5 Å². The summed E-state index contributed by atoms with van der Waals surface area (Å²) in [7, 11) is 0. The first-order valence-electron chi connectivity index (χ1n) is 11.1. The number of amides is 2. The highest BCUT2D eigenvalue weighted by Gasteiger charge is 2.32. The van der Waals surface area contributed by atoms with Gasteiger partial charge in [0, 0.05) is 31.9 Å². The molecule has 2 aliphatic heterocycles. The Morgan fingerprint density at radius 2 is 1.78 bits per heavy atom. The lowest BCUT2D eigenvalue weighted by atomic mass is 10.2. The van der Waals surface area contributed by atoms with Gasteiger partial charge in [-0.25, -0.2) is 4.39 Å². The van der Waals surface area contributed by atoms with Crippen molar-refractivity contribution in [1.29, 1.82) is 0 Å². The van der Waals surface area contributed by atoms with Crippen LogP contribution in [-0.4, -0.2) is 59.2 Å². The Bertz CT molecular complexity index is 836. The third kappa shape index (κ3) is 8.03. The SMILES string of the molecule is C1CCOCC1.CC(C)C.CC1C(=O)NCCN1C(=O)c1noc(-c2ccc(F)cc2)n1. The molecule has 4 rings (SSSR count). The molecule has 9 heteroatoms. The van der Waals surface area contributed by atoms with Gasteiger partial charge in [-0.15, -0.1) is 0 Å². The van der Waals surface area contributed by atoms with E-state index in [1.54, 1.807) is 6.92 Å². The van der Waals surface area contributed by atoms with Crippen LogP contribution in [0.3, 0.4) is 0 Å². The molecule has 1 aromatic heterocycles. The highest BCUT2D eigenvalue weighted by molar-refractivity contribution is 5.95. The maximum absolute atomic E-state index is 12.9. The van der Waals surface area contributed by atoms with Crippen molar-refractivity contribution in [1.82, 2.24) is 20.4 Å². The van der Waals surface area contributed by atoms with Crippen LogP contribution in [0.5, 0.6) is 0 Å². The van der Waals surface area contributed by atoms with Crippen molar-refractivity contribution < 1.29 is 23.2 Å². The summed E-state index contributed by atoms with van der Waals surface area (Å²) in [4.78, 5) is 29.4. The molecule has 0 radical (unpaired) electrons. The number of benzene rings is 1. The average molecular weight is 449 g/mol. The van der Waals surface area contributed by atoms with Crippen LogP contribution in [0.15, 0.2) is 28.8 Å². The third-order valence-electron chi connectivity index (χ3n) is 4.55. The zero-order chi connectivity index (χ0) is 23.5. The number of carbonyl (C=O) groups is 2. The molecule has 2 aromatic rings. The van der Waals surface area contributed by atoms with Crippen LogP contribution in [0.2, 0.25) is 0 Å². The molecular weight excluding hydrogens is 415 g/mol. The van der Waals surface area contributed by atoms with Crippen LogP contribution in [0, 0.1) is 11.7 Å². The first-order valence-corrected chi connectivity index (χ1v) is 11.1. The quantitative estimate of drug-likeness (QED) is 0.753. The van der Waals surface area contributed by atoms with E-state index in [0.29, 0.717) is 18.7 Å². The number of piperazine rings is 1. The molecule has 1 unspecified atom stereocenters. The summed E-state index contributed by atoms with van der Waals surface area (Å²) in [6, 6.07) is 4.90. The van der Waals surface area contributed by atoms with Crippen LogP contribution in [0.4, 0.5) is 4.39 Å². The predicted octanol–water partition coefficient (Wildman–Crippen LogP) is 3.69. The van der Waals surface area contributed by atoms with E-state index in [9.17, 15) is 14.0 Å². The Labute approximate surface area is 188 Å². The second-order valence-electron chi connectivity index (χ2n) is 8.30. The van der Waals surface area contributed by atoms with Gasteiger partial charge in [-0.05, 0) is 56.4 Å². The normalized spacial score (nSPS) is 18.1. The molecule has 32 heavy (non-hydrogen) atoms. The Morgan fingerprint density at radius 3 is 2.31 bits per heavy atom. The fourth-order valence-electron chi connectivity index (χ4n) is 2.90. The minimum Gasteiger partial charge on any atom is -0.381 e. The molecule has 2 amide bonds. The van der Waals surface area contributed by atoms with E-state index in [1.807, 2.05) is 0 Å². The number of halogens is 1. The molecule has 1 aromatic carbocycles. The van der Waals surface area contributed by atoms with Gasteiger partial charge in [-0.1, -0.05) is 25.9 Å². The van der Waals surface area contributed by atoms with Gasteiger partial charge in [0.1, 0.15) is 11.9 Å². The highest BCUT2D eigenvalue weighted by atomic mass is 19.1. The molecule has 1 atom stereocenters. The maximum atomic E-state index is 12.9. The van der Waals surface area contributed by atoms with E-state index in [2.05, 4.69) is 36.2 Å². The Kier molecular flexibility index (Phi) is 10.3. The maximum Gasteiger partial charge on any atom is 0.296 e. The number of hydrogen-bond acceptors (Lipinski definition) is 6. The molecule has 3 heterocycles. The van der Waals surface area contributed by atoms with Gasteiger partial charge in [0.05, 0.1) is 0 Å². The largest absolute Gasteiger partial charge is 0.381 e. The lowest BCUT2D eigenvalue weighted by Crippen LogP contribution is -2.56. The minimum atomic E-state index is -0.589. The van der Waals surface area contributed by atoms with Gasteiger partial charge in [0.15, 0.2) is 0 Å². The zero-order valence-electron chi connectivity index (χ0n) is 19.3. The number of hydrogen-bond donors (Lipinski definition) is 1. The van der Waals surface area contributed by atoms with E-state index < -0.39 is 11.9 Å². The van der Waals surface area contributed by atoms with Crippen molar-refractivity contribution >= 4 is 11.8 Å². The third-order valence-corrected chi connectivity index (χ3v) is 4.55. The molecule has 2 aliphatic rings. The van der Waals surface area contributed by atoms with Gasteiger partial charge in [0.2, 0.25) is 5.91 Å². The zero-order valence-corrected chi connectivity index (χ0v) is 19.3. The second kappa shape index (κ2) is 12.9. The number of nitrogens with zero attached hydrogens (tertiary/aromatic N) is 3. The molecular formula is C23H33FN4O4. The molecule has 176 valence electrons. The average Bonchev–Trinajstić information content (AvgIpc) is 3.27. The highest BCUT2D eigenvalue weighted by Crippen LogP contribution is 2.18. The first kappa shape index (κ1) is 25.5. The minimum absolute atomic E-state index is 0.123. The van der Waals surface area contributed by atoms with Crippen molar-refractivity contribution in [3.63, 3.8) is 0 Å². The Balaban J connectivity index is 0.000000301. The topological polar surface area (TPSA) is 97.6 Å². The molecule has 0 aliphatic carbocycles. The smallest absolute Gasteiger partial charge is 0.296 e. The molecule has 0 spiro atoms. The molecule has 1 N–H and O–H groups in total.